The average molecular weight is 233 g/mol. The first kappa shape index (κ1) is 12.5. The van der Waals surface area contributed by atoms with Crippen LogP contribution in [0.4, 0.5) is 0 Å². The minimum atomic E-state index is 0.733. The van der Waals surface area contributed by atoms with E-state index in [-0.39, 0.29) is 0 Å². The quantitative estimate of drug-likeness (QED) is 0.866. The molecule has 0 aromatic carbocycles. The van der Waals surface area contributed by atoms with Gasteiger partial charge >= 0.3 is 0 Å². The van der Waals surface area contributed by atoms with Crippen molar-refractivity contribution in [1.82, 2.24) is 15.3 Å². The van der Waals surface area contributed by atoms with Crippen molar-refractivity contribution < 1.29 is 0 Å². The Morgan fingerprint density at radius 3 is 3.06 bits per heavy atom. The van der Waals surface area contributed by atoms with Crippen LogP contribution in [-0.2, 0) is 12.8 Å². The second-order valence-electron chi connectivity index (χ2n) is 5.55. The Kier molecular flexibility index (Phi) is 4.11. The molecule has 1 aromatic heterocycles. The normalized spacial score (nSPS) is 19.4. The molecule has 0 amide bonds. The summed E-state index contributed by atoms with van der Waals surface area (Å²) in [5, 5.41) is 3.56. The Morgan fingerprint density at radius 1 is 1.47 bits per heavy atom. The van der Waals surface area contributed by atoms with Crippen LogP contribution in [-0.4, -0.2) is 23.1 Å². The van der Waals surface area contributed by atoms with Crippen molar-refractivity contribution >= 4 is 0 Å². The van der Waals surface area contributed by atoms with Crippen LogP contribution in [0.2, 0.25) is 0 Å². The third-order valence-corrected chi connectivity index (χ3v) is 3.36. The predicted octanol–water partition coefficient (Wildman–Crippen LogP) is 2.14. The molecule has 17 heavy (non-hydrogen) atoms. The number of aryl methyl sites for hydroxylation is 2. The molecule has 3 nitrogen and oxygen atoms in total. The van der Waals surface area contributed by atoms with Crippen LogP contribution >= 0.6 is 0 Å². The van der Waals surface area contributed by atoms with E-state index in [1.54, 1.807) is 0 Å². The lowest BCUT2D eigenvalue weighted by Gasteiger charge is -2.24. The van der Waals surface area contributed by atoms with E-state index in [0.717, 1.165) is 43.6 Å². The molecule has 0 saturated carbocycles. The summed E-state index contributed by atoms with van der Waals surface area (Å²) in [6, 6.07) is 0. The Bertz CT molecular complexity index is 374. The van der Waals surface area contributed by atoms with Gasteiger partial charge in [0.25, 0.3) is 0 Å². The number of fused-ring (bicyclic) bond motifs is 1. The molecule has 1 heterocycles. The summed E-state index contributed by atoms with van der Waals surface area (Å²) < 4.78 is 0. The molecule has 1 aliphatic carbocycles. The first-order valence-corrected chi connectivity index (χ1v) is 6.67. The van der Waals surface area contributed by atoms with Crippen molar-refractivity contribution in [1.29, 1.82) is 0 Å². The van der Waals surface area contributed by atoms with Gasteiger partial charge in [0, 0.05) is 11.9 Å². The zero-order chi connectivity index (χ0) is 12.3. The number of nitrogens with zero attached hydrogens (tertiary/aromatic N) is 2. The number of hydrogen-bond acceptors (Lipinski definition) is 3. The van der Waals surface area contributed by atoms with Crippen LogP contribution in [0, 0.1) is 18.8 Å². The minimum Gasteiger partial charge on any atom is -0.316 e. The van der Waals surface area contributed by atoms with Crippen molar-refractivity contribution in [2.24, 2.45) is 11.8 Å². The summed E-state index contributed by atoms with van der Waals surface area (Å²) in [6.45, 7) is 8.72. The summed E-state index contributed by atoms with van der Waals surface area (Å²) in [5.74, 6) is 2.39. The van der Waals surface area contributed by atoms with E-state index in [9.17, 15) is 0 Å². The molecule has 0 fully saturated rings. The van der Waals surface area contributed by atoms with Gasteiger partial charge in [0.2, 0.25) is 0 Å². The molecule has 0 spiro atoms. The first-order valence-electron chi connectivity index (χ1n) is 6.67. The highest BCUT2D eigenvalue weighted by molar-refractivity contribution is 5.21. The molecule has 1 aromatic rings. The van der Waals surface area contributed by atoms with Crippen LogP contribution in [0.25, 0.3) is 0 Å². The van der Waals surface area contributed by atoms with Crippen LogP contribution < -0.4 is 5.32 Å². The molecule has 1 atom stereocenters. The molecule has 94 valence electrons. The maximum absolute atomic E-state index is 4.53. The van der Waals surface area contributed by atoms with Crippen molar-refractivity contribution in [3.05, 3.63) is 23.3 Å². The summed E-state index contributed by atoms with van der Waals surface area (Å²) in [7, 11) is 0. The fourth-order valence-electron chi connectivity index (χ4n) is 2.43. The van der Waals surface area contributed by atoms with Crippen LogP contribution in [0.5, 0.6) is 0 Å². The number of hydrogen-bond donors (Lipinski definition) is 1. The highest BCUT2D eigenvalue weighted by Gasteiger charge is 2.19. The Morgan fingerprint density at radius 2 is 2.29 bits per heavy atom. The Hall–Kier alpha value is -0.960. The lowest BCUT2D eigenvalue weighted by molar-refractivity contribution is 0.405. The van der Waals surface area contributed by atoms with Gasteiger partial charge in [-0.2, -0.15) is 0 Å². The van der Waals surface area contributed by atoms with Crippen molar-refractivity contribution in [2.75, 3.05) is 13.1 Å². The minimum absolute atomic E-state index is 0.733. The van der Waals surface area contributed by atoms with Crippen molar-refractivity contribution in [3.8, 4) is 0 Å². The second-order valence-corrected chi connectivity index (χ2v) is 5.55. The van der Waals surface area contributed by atoms with E-state index in [2.05, 4.69) is 29.1 Å². The third-order valence-electron chi connectivity index (χ3n) is 3.36. The van der Waals surface area contributed by atoms with Gasteiger partial charge in [-0.3, -0.25) is 0 Å². The molecule has 0 bridgehead atoms. The lowest BCUT2D eigenvalue weighted by atomic mass is 9.87. The van der Waals surface area contributed by atoms with Crippen LogP contribution in [0.1, 0.15) is 37.4 Å². The highest BCUT2D eigenvalue weighted by Crippen LogP contribution is 2.23. The van der Waals surface area contributed by atoms with Crippen LogP contribution in [0.3, 0.4) is 0 Å². The third kappa shape index (κ3) is 3.50. The maximum Gasteiger partial charge on any atom is 0.125 e. The Labute approximate surface area is 104 Å². The summed E-state index contributed by atoms with van der Waals surface area (Å²) in [4.78, 5) is 8.83. The molecule has 2 rings (SSSR count). The lowest BCUT2D eigenvalue weighted by Crippen LogP contribution is -2.30. The van der Waals surface area contributed by atoms with E-state index in [1.165, 1.54) is 17.7 Å². The van der Waals surface area contributed by atoms with Gasteiger partial charge in [-0.1, -0.05) is 13.8 Å². The number of aromatic nitrogens is 2. The molecular weight excluding hydrogens is 210 g/mol. The molecule has 3 heteroatoms. The SMILES string of the molecule is Cc1ncc2c(n1)CCC(CNCC(C)C)C2. The summed E-state index contributed by atoms with van der Waals surface area (Å²) in [6.07, 6.45) is 5.54. The molecular formula is C14H23N3. The maximum atomic E-state index is 4.53. The predicted molar refractivity (Wildman–Crippen MR) is 70.0 cm³/mol. The topological polar surface area (TPSA) is 37.8 Å². The molecule has 1 N–H and O–H groups in total. The average Bonchev–Trinajstić information content (AvgIpc) is 2.29. The van der Waals surface area contributed by atoms with E-state index >= 15 is 0 Å². The first-order chi connectivity index (χ1) is 8.15. The van der Waals surface area contributed by atoms with Gasteiger partial charge in [-0.05, 0) is 56.7 Å². The summed E-state index contributed by atoms with van der Waals surface area (Å²) in [5.41, 5.74) is 2.64. The van der Waals surface area contributed by atoms with Gasteiger partial charge in [-0.25, -0.2) is 9.97 Å². The van der Waals surface area contributed by atoms with Gasteiger partial charge in [0.1, 0.15) is 5.82 Å². The zero-order valence-corrected chi connectivity index (χ0v) is 11.2. The standard InChI is InChI=1S/C14H23N3/c1-10(2)7-15-8-12-4-5-14-13(6-12)9-16-11(3)17-14/h9-10,12,15H,4-8H2,1-3H3. The number of rotatable bonds is 4. The van der Waals surface area contributed by atoms with E-state index in [0.29, 0.717) is 0 Å². The number of nitrogens with one attached hydrogen (secondary N) is 1. The monoisotopic (exact) mass is 233 g/mol. The van der Waals surface area contributed by atoms with Crippen molar-refractivity contribution in [2.45, 2.75) is 40.0 Å². The van der Waals surface area contributed by atoms with E-state index < -0.39 is 0 Å². The molecule has 1 unspecified atom stereocenters. The zero-order valence-electron chi connectivity index (χ0n) is 11.2. The molecule has 0 aliphatic heterocycles. The molecule has 1 aliphatic rings. The smallest absolute Gasteiger partial charge is 0.125 e. The fourth-order valence-corrected chi connectivity index (χ4v) is 2.43. The van der Waals surface area contributed by atoms with E-state index in [4.69, 9.17) is 0 Å². The fraction of sp³-hybridized carbons (Fsp3) is 0.714. The van der Waals surface area contributed by atoms with E-state index in [1.807, 2.05) is 13.1 Å². The Balaban J connectivity index is 1.88. The molecule has 0 radical (unpaired) electrons. The van der Waals surface area contributed by atoms with Crippen molar-refractivity contribution in [3.63, 3.8) is 0 Å². The van der Waals surface area contributed by atoms with Gasteiger partial charge in [-0.15, -0.1) is 0 Å². The summed E-state index contributed by atoms with van der Waals surface area (Å²) >= 11 is 0. The highest BCUT2D eigenvalue weighted by atomic mass is 14.9. The van der Waals surface area contributed by atoms with Gasteiger partial charge in [0.15, 0.2) is 0 Å². The van der Waals surface area contributed by atoms with Gasteiger partial charge in [0.05, 0.1) is 0 Å². The molecule has 0 saturated heterocycles. The second kappa shape index (κ2) is 5.58. The van der Waals surface area contributed by atoms with Crippen LogP contribution in [0.15, 0.2) is 6.20 Å². The largest absolute Gasteiger partial charge is 0.316 e. The van der Waals surface area contributed by atoms with Gasteiger partial charge < -0.3 is 5.32 Å².